The molecule has 2 aliphatic rings. The standard InChI is InChI=1S/C27H26ClF3N8O4/c1-2-21(40)38-5-7-39(8-6-38)25-14-3-4-33-26(43-24-15-10-34-37-17(15)9-16(29)22(24)28)23(14)35-27(36-25)42-19-12-32-11-18(19)41-13-20(30)31/h2-4,9-10,18-20,32H,1,5-8,11-13H2,(H,34,37)/t18?,19-/m1/s1. The molecule has 6 rings (SSSR count). The summed E-state index contributed by atoms with van der Waals surface area (Å²) in [6.45, 7) is 5.19. The molecule has 5 heterocycles. The van der Waals surface area contributed by atoms with Gasteiger partial charge in [-0.25, -0.2) is 18.2 Å². The van der Waals surface area contributed by atoms with Crippen LogP contribution in [0.2, 0.25) is 5.02 Å². The van der Waals surface area contributed by atoms with Crippen molar-refractivity contribution in [2.45, 2.75) is 18.6 Å². The van der Waals surface area contributed by atoms with Crippen molar-refractivity contribution in [3.05, 3.63) is 48.0 Å². The molecule has 0 aliphatic carbocycles. The monoisotopic (exact) mass is 618 g/mol. The fourth-order valence-corrected chi connectivity index (χ4v) is 5.27. The summed E-state index contributed by atoms with van der Waals surface area (Å²) >= 11 is 6.30. The van der Waals surface area contributed by atoms with E-state index in [0.717, 1.165) is 0 Å². The van der Waals surface area contributed by atoms with Crippen molar-refractivity contribution in [2.75, 3.05) is 50.8 Å². The number of alkyl halides is 2. The van der Waals surface area contributed by atoms with Crippen LogP contribution in [0, 0.1) is 5.82 Å². The summed E-state index contributed by atoms with van der Waals surface area (Å²) in [5.74, 6) is -0.421. The zero-order valence-electron chi connectivity index (χ0n) is 22.6. The maximum atomic E-state index is 14.6. The van der Waals surface area contributed by atoms with Crippen LogP contribution in [-0.2, 0) is 9.53 Å². The summed E-state index contributed by atoms with van der Waals surface area (Å²) < 4.78 is 57.8. The van der Waals surface area contributed by atoms with Gasteiger partial charge in [0.15, 0.2) is 5.75 Å². The number of hydrogen-bond donors (Lipinski definition) is 2. The number of halogens is 4. The Kier molecular flexibility index (Phi) is 8.19. The number of amides is 1. The van der Waals surface area contributed by atoms with Crippen molar-refractivity contribution in [3.8, 4) is 17.6 Å². The number of pyridine rings is 1. The molecule has 0 radical (unpaired) electrons. The van der Waals surface area contributed by atoms with E-state index >= 15 is 0 Å². The average molecular weight is 619 g/mol. The molecule has 0 bridgehead atoms. The minimum Gasteiger partial charge on any atom is -0.456 e. The van der Waals surface area contributed by atoms with Gasteiger partial charge >= 0.3 is 6.01 Å². The van der Waals surface area contributed by atoms with E-state index in [1.807, 2.05) is 4.90 Å². The van der Waals surface area contributed by atoms with Gasteiger partial charge in [0.2, 0.25) is 11.8 Å². The minimum atomic E-state index is -2.63. The van der Waals surface area contributed by atoms with E-state index in [4.69, 9.17) is 25.8 Å². The first kappa shape index (κ1) is 28.9. The summed E-state index contributed by atoms with van der Waals surface area (Å²) in [5, 5.41) is 10.4. The number of nitrogens with one attached hydrogen (secondary N) is 2. The van der Waals surface area contributed by atoms with Gasteiger partial charge in [0.05, 0.1) is 22.5 Å². The third kappa shape index (κ3) is 5.87. The SMILES string of the molecule is C=CC(=O)N1CCN(c2nc(O[C@@H]3CNCC3OCC(F)F)nc3c(Oc4c(Cl)c(F)cc5[nH]ncc45)nccc23)CC1. The first-order valence-corrected chi connectivity index (χ1v) is 13.8. The average Bonchev–Trinajstić information content (AvgIpc) is 3.67. The molecule has 16 heteroatoms. The first-order chi connectivity index (χ1) is 20.8. The highest BCUT2D eigenvalue weighted by Gasteiger charge is 2.32. The predicted octanol–water partition coefficient (Wildman–Crippen LogP) is 3.32. The lowest BCUT2D eigenvalue weighted by Crippen LogP contribution is -2.48. The Morgan fingerprint density at radius 2 is 1.98 bits per heavy atom. The van der Waals surface area contributed by atoms with Gasteiger partial charge < -0.3 is 29.3 Å². The van der Waals surface area contributed by atoms with Crippen molar-refractivity contribution in [1.82, 2.24) is 35.4 Å². The minimum absolute atomic E-state index is 0.00322. The number of aromatic nitrogens is 5. The molecule has 2 fully saturated rings. The second kappa shape index (κ2) is 12.2. The molecule has 2 atom stereocenters. The molecular weight excluding hydrogens is 593 g/mol. The normalized spacial score (nSPS) is 19.0. The number of H-pyrrole nitrogens is 1. The topological polar surface area (TPSA) is 131 Å². The molecular formula is C27H26ClF3N8O4. The van der Waals surface area contributed by atoms with E-state index in [0.29, 0.717) is 61.4 Å². The van der Waals surface area contributed by atoms with Crippen LogP contribution in [-0.4, -0.2) is 100 Å². The zero-order valence-corrected chi connectivity index (χ0v) is 23.4. The molecule has 12 nitrogen and oxygen atoms in total. The van der Waals surface area contributed by atoms with Gasteiger partial charge in [-0.05, 0) is 12.1 Å². The smallest absolute Gasteiger partial charge is 0.319 e. The molecule has 1 aromatic carbocycles. The third-order valence-corrected chi connectivity index (χ3v) is 7.55. The fraction of sp³-hybridized carbons (Fsp3) is 0.370. The quantitative estimate of drug-likeness (QED) is 0.269. The van der Waals surface area contributed by atoms with Crippen LogP contribution < -0.4 is 19.7 Å². The Labute approximate surface area is 247 Å². The molecule has 1 amide bonds. The van der Waals surface area contributed by atoms with Crippen LogP contribution in [0.5, 0.6) is 17.6 Å². The number of benzene rings is 1. The lowest BCUT2D eigenvalue weighted by molar-refractivity contribution is -0.126. The lowest BCUT2D eigenvalue weighted by Gasteiger charge is -2.35. The van der Waals surface area contributed by atoms with Gasteiger partial charge in [-0.2, -0.15) is 15.1 Å². The summed E-state index contributed by atoms with van der Waals surface area (Å²) in [6, 6.07) is 2.84. The van der Waals surface area contributed by atoms with E-state index in [-0.39, 0.29) is 34.1 Å². The van der Waals surface area contributed by atoms with Gasteiger partial charge in [0.1, 0.15) is 41.0 Å². The Morgan fingerprint density at radius 1 is 1.19 bits per heavy atom. The Bertz CT molecular complexity index is 1670. The highest BCUT2D eigenvalue weighted by atomic mass is 35.5. The van der Waals surface area contributed by atoms with Crippen LogP contribution in [0.1, 0.15) is 0 Å². The summed E-state index contributed by atoms with van der Waals surface area (Å²) in [7, 11) is 0. The van der Waals surface area contributed by atoms with Gasteiger partial charge in [0.25, 0.3) is 6.43 Å². The number of carbonyl (C=O) groups is 1. The van der Waals surface area contributed by atoms with Gasteiger partial charge in [-0.3, -0.25) is 9.89 Å². The fourth-order valence-electron chi connectivity index (χ4n) is 5.08. The van der Waals surface area contributed by atoms with E-state index < -0.39 is 31.1 Å². The van der Waals surface area contributed by atoms with Crippen LogP contribution in [0.4, 0.5) is 19.0 Å². The van der Waals surface area contributed by atoms with Crippen LogP contribution in [0.15, 0.2) is 37.2 Å². The molecule has 4 aromatic rings. The summed E-state index contributed by atoms with van der Waals surface area (Å²) in [4.78, 5) is 29.4. The molecule has 0 spiro atoms. The number of ether oxygens (including phenoxy) is 3. The Hall–Kier alpha value is -4.21. The second-order valence-corrected chi connectivity index (χ2v) is 10.2. The highest BCUT2D eigenvalue weighted by molar-refractivity contribution is 6.33. The molecule has 0 saturated carbocycles. The van der Waals surface area contributed by atoms with Crippen LogP contribution in [0.25, 0.3) is 21.8 Å². The Balaban J connectivity index is 1.40. The number of piperazine rings is 1. The van der Waals surface area contributed by atoms with Crippen molar-refractivity contribution < 1.29 is 32.2 Å². The molecule has 43 heavy (non-hydrogen) atoms. The number of carbonyl (C=O) groups excluding carboxylic acids is 1. The van der Waals surface area contributed by atoms with E-state index in [2.05, 4.69) is 37.0 Å². The Morgan fingerprint density at radius 3 is 2.74 bits per heavy atom. The van der Waals surface area contributed by atoms with Crippen LogP contribution >= 0.6 is 11.6 Å². The van der Waals surface area contributed by atoms with Gasteiger partial charge in [0, 0.05) is 51.5 Å². The molecule has 3 aromatic heterocycles. The number of fused-ring (bicyclic) bond motifs is 2. The van der Waals surface area contributed by atoms with E-state index in [1.165, 1.54) is 24.5 Å². The zero-order chi connectivity index (χ0) is 30.1. The number of nitrogens with zero attached hydrogens (tertiary/aromatic N) is 6. The van der Waals surface area contributed by atoms with Gasteiger partial charge in [-0.1, -0.05) is 18.2 Å². The molecule has 226 valence electrons. The summed E-state index contributed by atoms with van der Waals surface area (Å²) in [5.41, 5.74) is 0.604. The van der Waals surface area contributed by atoms with Gasteiger partial charge in [-0.15, -0.1) is 0 Å². The third-order valence-electron chi connectivity index (χ3n) is 7.20. The van der Waals surface area contributed by atoms with Crippen molar-refractivity contribution in [1.29, 1.82) is 0 Å². The van der Waals surface area contributed by atoms with Crippen molar-refractivity contribution in [2.24, 2.45) is 0 Å². The number of hydrogen-bond acceptors (Lipinski definition) is 10. The number of aromatic amines is 1. The van der Waals surface area contributed by atoms with Crippen molar-refractivity contribution in [3.63, 3.8) is 0 Å². The number of anilines is 1. The predicted molar refractivity (Wildman–Crippen MR) is 150 cm³/mol. The molecule has 1 unspecified atom stereocenters. The number of rotatable bonds is 9. The van der Waals surface area contributed by atoms with Crippen LogP contribution in [0.3, 0.4) is 0 Å². The molecule has 2 aliphatic heterocycles. The largest absolute Gasteiger partial charge is 0.456 e. The van der Waals surface area contributed by atoms with E-state index in [1.54, 1.807) is 11.0 Å². The lowest BCUT2D eigenvalue weighted by atomic mass is 10.2. The maximum Gasteiger partial charge on any atom is 0.319 e. The second-order valence-electron chi connectivity index (χ2n) is 9.87. The van der Waals surface area contributed by atoms with E-state index in [9.17, 15) is 18.0 Å². The maximum absolute atomic E-state index is 14.6. The van der Waals surface area contributed by atoms with Crippen molar-refractivity contribution >= 4 is 45.1 Å². The molecule has 2 saturated heterocycles. The first-order valence-electron chi connectivity index (χ1n) is 13.4. The molecule has 2 N–H and O–H groups in total. The highest BCUT2D eigenvalue weighted by Crippen LogP contribution is 2.40. The summed E-state index contributed by atoms with van der Waals surface area (Å²) in [6.07, 6.45) is 0.280.